The van der Waals surface area contributed by atoms with E-state index in [9.17, 15) is 0 Å². The fourth-order valence-electron chi connectivity index (χ4n) is 0.866. The number of rotatable bonds is 3. The summed E-state index contributed by atoms with van der Waals surface area (Å²) in [7, 11) is 0. The maximum Gasteiger partial charge on any atom is 0.145 e. The van der Waals surface area contributed by atoms with Crippen molar-refractivity contribution in [2.75, 3.05) is 6.61 Å². The van der Waals surface area contributed by atoms with Crippen LogP contribution in [0.1, 0.15) is 6.92 Å². The van der Waals surface area contributed by atoms with Crippen LogP contribution in [-0.4, -0.2) is 6.61 Å². The van der Waals surface area contributed by atoms with Gasteiger partial charge in [-0.15, -0.1) is 12.2 Å². The molecule has 1 unspecified atom stereocenters. The summed E-state index contributed by atoms with van der Waals surface area (Å²) < 4.78 is 5.41. The van der Waals surface area contributed by atoms with Gasteiger partial charge in [0.05, 0.1) is 6.61 Å². The van der Waals surface area contributed by atoms with E-state index < -0.39 is 5.47 Å². The largest absolute Gasteiger partial charge is 0.339 e. The van der Waals surface area contributed by atoms with Gasteiger partial charge in [0.2, 0.25) is 0 Å². The second-order valence-electron chi connectivity index (χ2n) is 2.27. The van der Waals surface area contributed by atoms with Crippen LogP contribution >= 0.6 is 17.7 Å². The van der Waals surface area contributed by atoms with E-state index in [0.29, 0.717) is 6.61 Å². The summed E-state index contributed by atoms with van der Waals surface area (Å²) in [5.74, 6) is 0. The van der Waals surface area contributed by atoms with Crippen molar-refractivity contribution in [1.29, 1.82) is 0 Å². The van der Waals surface area contributed by atoms with Crippen LogP contribution in [0.15, 0.2) is 30.3 Å². The average Bonchev–Trinajstić information content (AvgIpc) is 2.06. The predicted molar refractivity (Wildman–Crippen MR) is 61.0 cm³/mol. The summed E-state index contributed by atoms with van der Waals surface area (Å²) >= 11 is 9.62. The van der Waals surface area contributed by atoms with E-state index in [0.717, 1.165) is 5.30 Å². The maximum atomic E-state index is 5.41. The van der Waals surface area contributed by atoms with E-state index >= 15 is 0 Å². The number of thiol groups is 1. The predicted octanol–water partition coefficient (Wildman–Crippen LogP) is 2.59. The molecule has 12 heavy (non-hydrogen) atoms. The zero-order valence-electron chi connectivity index (χ0n) is 6.80. The summed E-state index contributed by atoms with van der Waals surface area (Å²) in [6.45, 7) is 2.55. The van der Waals surface area contributed by atoms with Crippen molar-refractivity contribution in [3.05, 3.63) is 30.3 Å². The summed E-state index contributed by atoms with van der Waals surface area (Å²) in [6.07, 6.45) is 0. The molecule has 0 fully saturated rings. The summed E-state index contributed by atoms with van der Waals surface area (Å²) in [5, 5.41) is 1.02. The topological polar surface area (TPSA) is 9.23 Å². The number of benzene rings is 1. The molecular formula is C8H11OPS2. The Morgan fingerprint density at radius 1 is 1.42 bits per heavy atom. The highest BCUT2D eigenvalue weighted by atomic mass is 32.9. The Morgan fingerprint density at radius 3 is 2.50 bits per heavy atom. The Labute approximate surface area is 83.4 Å². The zero-order chi connectivity index (χ0) is 9.03. The molecule has 66 valence electrons. The first-order valence-electron chi connectivity index (χ1n) is 3.70. The van der Waals surface area contributed by atoms with E-state index in [1.54, 1.807) is 0 Å². The lowest BCUT2D eigenvalue weighted by Gasteiger charge is -2.14. The second kappa shape index (κ2) is 4.43. The van der Waals surface area contributed by atoms with Crippen molar-refractivity contribution in [3.63, 3.8) is 0 Å². The van der Waals surface area contributed by atoms with Crippen molar-refractivity contribution in [2.24, 2.45) is 0 Å². The fraction of sp³-hybridized carbons (Fsp3) is 0.250. The minimum atomic E-state index is -2.02. The lowest BCUT2D eigenvalue weighted by molar-refractivity contribution is 0.390. The Kier molecular flexibility index (Phi) is 3.78. The summed E-state index contributed by atoms with van der Waals surface area (Å²) in [5.41, 5.74) is -2.02. The lowest BCUT2D eigenvalue weighted by atomic mass is 10.4. The van der Waals surface area contributed by atoms with Crippen LogP contribution in [0.3, 0.4) is 0 Å². The van der Waals surface area contributed by atoms with E-state index in [1.807, 2.05) is 37.3 Å². The molecule has 0 aromatic heterocycles. The molecule has 1 aromatic rings. The van der Waals surface area contributed by atoms with E-state index in [1.165, 1.54) is 0 Å². The number of hydrogen-bond donors (Lipinski definition) is 1. The fourth-order valence-corrected chi connectivity index (χ4v) is 3.34. The SMILES string of the molecule is CCOP(=S)(S)c1ccccc1. The molecule has 0 aliphatic rings. The highest BCUT2D eigenvalue weighted by Gasteiger charge is 2.12. The van der Waals surface area contributed by atoms with Crippen molar-refractivity contribution in [3.8, 4) is 0 Å². The Balaban J connectivity index is 2.90. The Hall–Kier alpha value is 0.180. The highest BCUT2D eigenvalue weighted by Crippen LogP contribution is 2.50. The molecule has 1 nitrogen and oxygen atoms in total. The molecule has 1 atom stereocenters. The molecule has 1 rings (SSSR count). The third-order valence-corrected chi connectivity index (χ3v) is 4.93. The van der Waals surface area contributed by atoms with Crippen molar-refractivity contribution in [2.45, 2.75) is 6.92 Å². The molecule has 0 saturated heterocycles. The maximum absolute atomic E-state index is 5.41. The smallest absolute Gasteiger partial charge is 0.145 e. The van der Waals surface area contributed by atoms with Crippen LogP contribution in [0.4, 0.5) is 0 Å². The van der Waals surface area contributed by atoms with E-state index in [-0.39, 0.29) is 0 Å². The monoisotopic (exact) mass is 218 g/mol. The molecule has 1 aromatic carbocycles. The molecule has 0 bridgehead atoms. The van der Waals surface area contributed by atoms with Gasteiger partial charge in [-0.1, -0.05) is 42.1 Å². The molecule has 0 heterocycles. The van der Waals surface area contributed by atoms with Crippen LogP contribution < -0.4 is 5.30 Å². The zero-order valence-corrected chi connectivity index (χ0v) is 9.41. The quantitative estimate of drug-likeness (QED) is 0.617. The molecule has 0 radical (unpaired) electrons. The normalized spacial score (nSPS) is 15.5. The van der Waals surface area contributed by atoms with Gasteiger partial charge in [0.15, 0.2) is 0 Å². The Morgan fingerprint density at radius 2 is 2.00 bits per heavy atom. The minimum Gasteiger partial charge on any atom is -0.339 e. The lowest BCUT2D eigenvalue weighted by Crippen LogP contribution is -2.01. The van der Waals surface area contributed by atoms with Gasteiger partial charge in [0, 0.05) is 5.30 Å². The Bertz CT molecular complexity index is 286. The minimum absolute atomic E-state index is 0.621. The van der Waals surface area contributed by atoms with Gasteiger partial charge < -0.3 is 4.52 Å². The van der Waals surface area contributed by atoms with Crippen LogP contribution in [0.5, 0.6) is 0 Å². The van der Waals surface area contributed by atoms with Crippen LogP contribution in [0.25, 0.3) is 0 Å². The molecular weight excluding hydrogens is 207 g/mol. The summed E-state index contributed by atoms with van der Waals surface area (Å²) in [6, 6.07) is 9.78. The first kappa shape index (κ1) is 10.3. The van der Waals surface area contributed by atoms with Crippen LogP contribution in [0, 0.1) is 0 Å². The van der Waals surface area contributed by atoms with Gasteiger partial charge in [0.25, 0.3) is 0 Å². The molecule has 0 aliphatic carbocycles. The van der Waals surface area contributed by atoms with Gasteiger partial charge >= 0.3 is 0 Å². The molecule has 0 amide bonds. The molecule has 0 N–H and O–H groups in total. The van der Waals surface area contributed by atoms with Crippen molar-refractivity contribution < 1.29 is 4.52 Å². The van der Waals surface area contributed by atoms with Crippen molar-refractivity contribution >= 4 is 34.8 Å². The third kappa shape index (κ3) is 2.60. The molecule has 4 heteroatoms. The first-order valence-corrected chi connectivity index (χ1v) is 7.57. The van der Waals surface area contributed by atoms with Crippen LogP contribution in [0.2, 0.25) is 0 Å². The van der Waals surface area contributed by atoms with Crippen molar-refractivity contribution in [1.82, 2.24) is 0 Å². The highest BCUT2D eigenvalue weighted by molar-refractivity contribution is 8.64. The standard InChI is InChI=1S/C8H11OPS2/c1-2-9-10(11,12)8-6-4-3-5-7-8/h3-7H,2H2,1H3,(H,11,12). The average molecular weight is 218 g/mol. The number of hydrogen-bond acceptors (Lipinski definition) is 2. The van der Waals surface area contributed by atoms with Gasteiger partial charge in [0.1, 0.15) is 5.47 Å². The van der Waals surface area contributed by atoms with E-state index in [2.05, 4.69) is 12.2 Å². The van der Waals surface area contributed by atoms with Crippen LogP contribution in [-0.2, 0) is 16.3 Å². The summed E-state index contributed by atoms with van der Waals surface area (Å²) in [4.78, 5) is 0. The molecule has 0 saturated carbocycles. The molecule has 0 spiro atoms. The van der Waals surface area contributed by atoms with Gasteiger partial charge in [-0.3, -0.25) is 0 Å². The van der Waals surface area contributed by atoms with Gasteiger partial charge in [-0.05, 0) is 6.92 Å². The van der Waals surface area contributed by atoms with Gasteiger partial charge in [-0.25, -0.2) is 0 Å². The van der Waals surface area contributed by atoms with E-state index in [4.69, 9.17) is 16.3 Å². The van der Waals surface area contributed by atoms with Gasteiger partial charge in [-0.2, -0.15) is 0 Å². The first-order chi connectivity index (χ1) is 5.67. The third-order valence-electron chi connectivity index (χ3n) is 1.39. The second-order valence-corrected chi connectivity index (χ2v) is 8.13. The molecule has 0 aliphatic heterocycles.